The number of hydrogen-bond donors (Lipinski definition) is 2. The van der Waals surface area contributed by atoms with Crippen LogP contribution in [0.2, 0.25) is 0 Å². The number of carbonyl (C=O) groups is 2. The highest BCUT2D eigenvalue weighted by atomic mass is 32.2. The van der Waals surface area contributed by atoms with Crippen LogP contribution in [0.25, 0.3) is 0 Å². The highest BCUT2D eigenvalue weighted by molar-refractivity contribution is 8.04. The summed E-state index contributed by atoms with van der Waals surface area (Å²) in [4.78, 5) is 26.1. The number of carbonyl (C=O) groups excluding carboxylic acids is 2. The maximum Gasteiger partial charge on any atom is 0.252 e. The van der Waals surface area contributed by atoms with Crippen molar-refractivity contribution < 1.29 is 14.3 Å². The van der Waals surface area contributed by atoms with Crippen molar-refractivity contribution in [1.82, 2.24) is 10.2 Å². The molecule has 1 unspecified atom stereocenters. The van der Waals surface area contributed by atoms with Crippen molar-refractivity contribution in [3.8, 4) is 0 Å². The number of rotatable bonds is 3. The van der Waals surface area contributed by atoms with Crippen LogP contribution >= 0.6 is 11.8 Å². The Kier molecular flexibility index (Phi) is 4.77. The Balaban J connectivity index is 1.60. The molecular formula is C15H17N3O3S. The molecular weight excluding hydrogens is 302 g/mol. The summed E-state index contributed by atoms with van der Waals surface area (Å²) in [6.07, 6.45) is 1.43. The van der Waals surface area contributed by atoms with Gasteiger partial charge < -0.3 is 15.4 Å². The number of morpholine rings is 1. The molecule has 1 aromatic carbocycles. The van der Waals surface area contributed by atoms with Gasteiger partial charge in [-0.3, -0.25) is 14.5 Å². The molecule has 3 rings (SSSR count). The van der Waals surface area contributed by atoms with Crippen LogP contribution in [0.5, 0.6) is 0 Å². The van der Waals surface area contributed by atoms with E-state index in [4.69, 9.17) is 4.74 Å². The second-order valence-corrected chi connectivity index (χ2v) is 6.09. The standard InChI is InChI=1S/C15H17N3O3S/c19-12(16-11-4-2-1-3-5-11)10-13-17-14(20)15(22-13)18-6-8-21-9-7-18/h1-5,10,15H,6-9H2,(H,16,19)(H,17,20)/b13-10-. The number of benzene rings is 1. The van der Waals surface area contributed by atoms with E-state index in [9.17, 15) is 9.59 Å². The van der Waals surface area contributed by atoms with Gasteiger partial charge in [-0.1, -0.05) is 30.0 Å². The van der Waals surface area contributed by atoms with Gasteiger partial charge in [0.25, 0.3) is 11.8 Å². The van der Waals surface area contributed by atoms with E-state index in [-0.39, 0.29) is 17.2 Å². The maximum atomic E-state index is 12.0. The lowest BCUT2D eigenvalue weighted by molar-refractivity contribution is -0.123. The molecule has 2 N–H and O–H groups in total. The minimum absolute atomic E-state index is 0.0781. The molecule has 0 aromatic heterocycles. The number of para-hydroxylation sites is 1. The van der Waals surface area contributed by atoms with E-state index in [1.165, 1.54) is 17.8 Å². The van der Waals surface area contributed by atoms with Crippen molar-refractivity contribution in [2.45, 2.75) is 5.37 Å². The van der Waals surface area contributed by atoms with Crippen LogP contribution in [0.15, 0.2) is 41.4 Å². The third kappa shape index (κ3) is 3.68. The fourth-order valence-corrected chi connectivity index (χ4v) is 3.43. The van der Waals surface area contributed by atoms with Crippen molar-refractivity contribution in [3.05, 3.63) is 41.4 Å². The van der Waals surface area contributed by atoms with Gasteiger partial charge in [0.1, 0.15) is 5.37 Å². The Bertz CT molecular complexity index is 585. The van der Waals surface area contributed by atoms with E-state index < -0.39 is 0 Å². The third-order valence-corrected chi connectivity index (χ3v) is 4.60. The number of nitrogens with zero attached hydrogens (tertiary/aromatic N) is 1. The number of nitrogens with one attached hydrogen (secondary N) is 2. The summed E-state index contributed by atoms with van der Waals surface area (Å²) in [5.74, 6) is -0.331. The Hall–Kier alpha value is -1.83. The van der Waals surface area contributed by atoms with Crippen LogP contribution in [0.4, 0.5) is 5.69 Å². The summed E-state index contributed by atoms with van der Waals surface area (Å²) < 4.78 is 5.29. The van der Waals surface area contributed by atoms with Crippen LogP contribution in [0, 0.1) is 0 Å². The van der Waals surface area contributed by atoms with E-state index in [1.54, 1.807) is 0 Å². The highest BCUT2D eigenvalue weighted by Crippen LogP contribution is 2.29. The Morgan fingerprint density at radius 2 is 2.05 bits per heavy atom. The first-order valence-electron chi connectivity index (χ1n) is 7.09. The predicted molar refractivity (Wildman–Crippen MR) is 85.1 cm³/mol. The van der Waals surface area contributed by atoms with Crippen molar-refractivity contribution in [3.63, 3.8) is 0 Å². The van der Waals surface area contributed by atoms with Crippen LogP contribution in [0.1, 0.15) is 0 Å². The van der Waals surface area contributed by atoms with Gasteiger partial charge >= 0.3 is 0 Å². The molecule has 0 aliphatic carbocycles. The Morgan fingerprint density at radius 3 is 2.77 bits per heavy atom. The number of amides is 2. The summed E-state index contributed by atoms with van der Waals surface area (Å²) in [6.45, 7) is 2.74. The first-order chi connectivity index (χ1) is 10.7. The summed E-state index contributed by atoms with van der Waals surface area (Å²) in [5, 5.41) is 5.82. The van der Waals surface area contributed by atoms with Crippen LogP contribution in [0.3, 0.4) is 0 Å². The third-order valence-electron chi connectivity index (χ3n) is 3.39. The second kappa shape index (κ2) is 6.95. The number of thioether (sulfide) groups is 1. The summed E-state index contributed by atoms with van der Waals surface area (Å²) in [5.41, 5.74) is 0.725. The monoisotopic (exact) mass is 319 g/mol. The van der Waals surface area contributed by atoms with Gasteiger partial charge in [-0.2, -0.15) is 0 Å². The molecule has 2 aliphatic rings. The molecule has 6 nitrogen and oxygen atoms in total. The molecule has 116 valence electrons. The topological polar surface area (TPSA) is 70.7 Å². The van der Waals surface area contributed by atoms with Gasteiger partial charge in [0.05, 0.1) is 18.2 Å². The molecule has 2 heterocycles. The van der Waals surface area contributed by atoms with Gasteiger partial charge in [0.2, 0.25) is 0 Å². The first kappa shape index (κ1) is 15.1. The summed E-state index contributed by atoms with van der Waals surface area (Å²) in [6, 6.07) is 9.21. The van der Waals surface area contributed by atoms with Gasteiger partial charge in [0, 0.05) is 24.9 Å². The molecule has 2 fully saturated rings. The number of hydrogen-bond acceptors (Lipinski definition) is 5. The lowest BCUT2D eigenvalue weighted by Crippen LogP contribution is -2.45. The zero-order chi connectivity index (χ0) is 15.4. The van der Waals surface area contributed by atoms with Crippen molar-refractivity contribution in [1.29, 1.82) is 0 Å². The molecule has 0 spiro atoms. The smallest absolute Gasteiger partial charge is 0.252 e. The largest absolute Gasteiger partial charge is 0.379 e. The van der Waals surface area contributed by atoms with Gasteiger partial charge in [0.15, 0.2) is 0 Å². The molecule has 0 radical (unpaired) electrons. The van der Waals surface area contributed by atoms with E-state index in [0.29, 0.717) is 18.2 Å². The van der Waals surface area contributed by atoms with Crippen molar-refractivity contribution >= 4 is 29.3 Å². The van der Waals surface area contributed by atoms with Gasteiger partial charge in [-0.25, -0.2) is 0 Å². The minimum atomic E-state index is -0.278. The molecule has 2 saturated heterocycles. The lowest BCUT2D eigenvalue weighted by atomic mass is 10.3. The quantitative estimate of drug-likeness (QED) is 0.813. The first-order valence-corrected chi connectivity index (χ1v) is 7.97. The van der Waals surface area contributed by atoms with Gasteiger partial charge in [-0.05, 0) is 12.1 Å². The SMILES string of the molecule is O=C(/C=C1/NC(=O)C(N2CCOCC2)S1)Nc1ccccc1. The van der Waals surface area contributed by atoms with Crippen LogP contribution < -0.4 is 10.6 Å². The average Bonchev–Trinajstić information content (AvgIpc) is 2.89. The van der Waals surface area contributed by atoms with E-state index in [1.807, 2.05) is 30.3 Å². The molecule has 22 heavy (non-hydrogen) atoms. The minimum Gasteiger partial charge on any atom is -0.379 e. The van der Waals surface area contributed by atoms with Gasteiger partial charge in [-0.15, -0.1) is 0 Å². The molecule has 2 aliphatic heterocycles. The fourth-order valence-electron chi connectivity index (χ4n) is 2.33. The van der Waals surface area contributed by atoms with E-state index in [0.717, 1.165) is 18.8 Å². The van der Waals surface area contributed by atoms with Crippen molar-refractivity contribution in [2.24, 2.45) is 0 Å². The number of anilines is 1. The maximum absolute atomic E-state index is 12.0. The Morgan fingerprint density at radius 1 is 1.32 bits per heavy atom. The Labute approximate surface area is 132 Å². The van der Waals surface area contributed by atoms with Crippen LogP contribution in [-0.2, 0) is 14.3 Å². The van der Waals surface area contributed by atoms with E-state index in [2.05, 4.69) is 15.5 Å². The van der Waals surface area contributed by atoms with Crippen molar-refractivity contribution in [2.75, 3.05) is 31.6 Å². The molecule has 1 atom stereocenters. The molecule has 0 saturated carbocycles. The zero-order valence-electron chi connectivity index (χ0n) is 12.0. The molecule has 7 heteroatoms. The molecule has 0 bridgehead atoms. The van der Waals surface area contributed by atoms with E-state index >= 15 is 0 Å². The molecule has 1 aromatic rings. The highest BCUT2D eigenvalue weighted by Gasteiger charge is 2.35. The summed E-state index contributed by atoms with van der Waals surface area (Å²) in [7, 11) is 0. The zero-order valence-corrected chi connectivity index (χ0v) is 12.8. The summed E-state index contributed by atoms with van der Waals surface area (Å²) >= 11 is 1.37. The average molecular weight is 319 g/mol. The van der Waals surface area contributed by atoms with Crippen LogP contribution in [-0.4, -0.2) is 48.4 Å². The lowest BCUT2D eigenvalue weighted by Gasteiger charge is -2.29. The predicted octanol–water partition coefficient (Wildman–Crippen LogP) is 0.988. The molecule has 2 amide bonds. The second-order valence-electron chi connectivity index (χ2n) is 4.97. The number of ether oxygens (including phenoxy) is 1. The fraction of sp³-hybridized carbons (Fsp3) is 0.333. The normalized spacial score (nSPS) is 24.3.